The van der Waals surface area contributed by atoms with Crippen molar-refractivity contribution in [1.29, 1.82) is 0 Å². The fourth-order valence-corrected chi connectivity index (χ4v) is 2.73. The monoisotopic (exact) mass is 373 g/mol. The van der Waals surface area contributed by atoms with Crippen LogP contribution < -0.4 is 10.6 Å². The van der Waals surface area contributed by atoms with Gasteiger partial charge >= 0.3 is 0 Å². The second-order valence-electron chi connectivity index (χ2n) is 6.92. The largest absolute Gasteiger partial charge is 0.340 e. The zero-order valence-corrected chi connectivity index (χ0v) is 16.2. The molecule has 0 saturated carbocycles. The van der Waals surface area contributed by atoms with Gasteiger partial charge in [0.05, 0.1) is 0 Å². The second-order valence-corrected chi connectivity index (χ2v) is 6.92. The fourth-order valence-electron chi connectivity index (χ4n) is 2.73. The molecule has 0 bridgehead atoms. The molecule has 0 spiro atoms. The van der Waals surface area contributed by atoms with Crippen molar-refractivity contribution in [3.8, 4) is 0 Å². The number of pyridine rings is 1. The highest BCUT2D eigenvalue weighted by Gasteiger charge is 2.09. The summed E-state index contributed by atoms with van der Waals surface area (Å²) in [6.07, 6.45) is 1.59. The van der Waals surface area contributed by atoms with E-state index in [-0.39, 0.29) is 11.7 Å². The normalized spacial score (nSPS) is 10.6. The van der Waals surface area contributed by atoms with Crippen LogP contribution in [0.2, 0.25) is 0 Å². The molecule has 2 N–H and O–H groups in total. The number of rotatable bonds is 6. The number of carbonyl (C=O) groups excluding carboxylic acids is 2. The molecule has 0 aliphatic rings. The van der Waals surface area contributed by atoms with Crippen molar-refractivity contribution in [3.05, 3.63) is 83.6 Å². The van der Waals surface area contributed by atoms with Crippen LogP contribution in [0.15, 0.2) is 66.9 Å². The lowest BCUT2D eigenvalue weighted by Gasteiger charge is -2.10. The molecule has 5 nitrogen and oxygen atoms in total. The van der Waals surface area contributed by atoms with Gasteiger partial charge in [0.2, 0.25) is 0 Å². The summed E-state index contributed by atoms with van der Waals surface area (Å²) in [7, 11) is 0. The average Bonchev–Trinajstić information content (AvgIpc) is 2.69. The predicted molar refractivity (Wildman–Crippen MR) is 112 cm³/mol. The Labute approximate surface area is 164 Å². The van der Waals surface area contributed by atoms with Gasteiger partial charge < -0.3 is 10.6 Å². The Kier molecular flexibility index (Phi) is 5.84. The van der Waals surface area contributed by atoms with Gasteiger partial charge in [-0.15, -0.1) is 0 Å². The van der Waals surface area contributed by atoms with Crippen LogP contribution in [0.1, 0.15) is 53.0 Å². The number of amides is 1. The topological polar surface area (TPSA) is 71.1 Å². The summed E-state index contributed by atoms with van der Waals surface area (Å²) in [6.45, 7) is 5.79. The SMILES string of the molecule is CC(=O)c1ccc(Nc2cc(C(=O)Nc3ccc(C(C)C)cc3)ccn2)cc1. The molecule has 1 amide bonds. The molecule has 1 heterocycles. The van der Waals surface area contributed by atoms with Gasteiger partial charge in [-0.2, -0.15) is 0 Å². The molecule has 0 unspecified atom stereocenters. The van der Waals surface area contributed by atoms with Gasteiger partial charge in [0.25, 0.3) is 5.91 Å². The number of hydrogen-bond donors (Lipinski definition) is 2. The van der Waals surface area contributed by atoms with Gasteiger partial charge in [0, 0.05) is 28.7 Å². The summed E-state index contributed by atoms with van der Waals surface area (Å²) in [4.78, 5) is 28.2. The van der Waals surface area contributed by atoms with Gasteiger partial charge in [-0.05, 0) is 66.9 Å². The molecule has 2 aromatic carbocycles. The molecule has 0 aliphatic carbocycles. The van der Waals surface area contributed by atoms with Crippen LogP contribution in [0.4, 0.5) is 17.2 Å². The van der Waals surface area contributed by atoms with E-state index in [0.717, 1.165) is 11.4 Å². The van der Waals surface area contributed by atoms with E-state index >= 15 is 0 Å². The summed E-state index contributed by atoms with van der Waals surface area (Å²) in [5.41, 5.74) is 3.92. The predicted octanol–water partition coefficient (Wildman–Crippen LogP) is 5.40. The zero-order valence-electron chi connectivity index (χ0n) is 16.2. The Bertz CT molecular complexity index is 977. The lowest BCUT2D eigenvalue weighted by molar-refractivity contribution is 0.101. The maximum Gasteiger partial charge on any atom is 0.255 e. The molecule has 0 radical (unpaired) electrons. The first-order chi connectivity index (χ1) is 13.4. The highest BCUT2D eigenvalue weighted by Crippen LogP contribution is 2.19. The Morgan fingerprint density at radius 3 is 2.11 bits per heavy atom. The Balaban J connectivity index is 1.69. The average molecular weight is 373 g/mol. The Hall–Kier alpha value is -3.47. The number of ketones is 1. The fraction of sp³-hybridized carbons (Fsp3) is 0.174. The van der Waals surface area contributed by atoms with Crippen LogP contribution in [-0.4, -0.2) is 16.7 Å². The van der Waals surface area contributed by atoms with Crippen molar-refractivity contribution in [2.75, 3.05) is 10.6 Å². The number of benzene rings is 2. The minimum absolute atomic E-state index is 0.0183. The lowest BCUT2D eigenvalue weighted by Crippen LogP contribution is -2.12. The van der Waals surface area contributed by atoms with E-state index in [1.807, 2.05) is 24.3 Å². The molecular formula is C23H23N3O2. The van der Waals surface area contributed by atoms with Crippen LogP contribution in [0.25, 0.3) is 0 Å². The Morgan fingerprint density at radius 1 is 0.857 bits per heavy atom. The van der Waals surface area contributed by atoms with Crippen molar-refractivity contribution in [1.82, 2.24) is 4.98 Å². The number of hydrogen-bond acceptors (Lipinski definition) is 4. The van der Waals surface area contributed by atoms with Crippen molar-refractivity contribution < 1.29 is 9.59 Å². The molecule has 28 heavy (non-hydrogen) atoms. The number of nitrogens with one attached hydrogen (secondary N) is 2. The molecule has 5 heteroatoms. The zero-order chi connectivity index (χ0) is 20.1. The van der Waals surface area contributed by atoms with Crippen LogP contribution in [-0.2, 0) is 0 Å². The first kappa shape index (κ1) is 19.3. The van der Waals surface area contributed by atoms with Crippen molar-refractivity contribution in [2.45, 2.75) is 26.7 Å². The van der Waals surface area contributed by atoms with E-state index in [9.17, 15) is 9.59 Å². The standard InChI is InChI=1S/C23H23N3O2/c1-15(2)17-4-8-21(9-5-17)26-23(28)19-12-13-24-22(14-19)25-20-10-6-18(7-11-20)16(3)27/h4-15H,1-3H3,(H,24,25)(H,26,28). The van der Waals surface area contributed by atoms with Gasteiger partial charge in [0.15, 0.2) is 5.78 Å². The molecule has 3 aromatic rings. The van der Waals surface area contributed by atoms with E-state index in [1.54, 1.807) is 42.6 Å². The molecule has 142 valence electrons. The number of anilines is 3. The molecule has 0 saturated heterocycles. The third-order valence-electron chi connectivity index (χ3n) is 4.42. The minimum atomic E-state index is -0.199. The second kappa shape index (κ2) is 8.48. The number of carbonyl (C=O) groups is 2. The summed E-state index contributed by atoms with van der Waals surface area (Å²) in [6, 6.07) is 18.3. The van der Waals surface area contributed by atoms with E-state index in [2.05, 4.69) is 29.5 Å². The van der Waals surface area contributed by atoms with E-state index in [0.29, 0.717) is 22.9 Å². The quantitative estimate of drug-likeness (QED) is 0.567. The van der Waals surface area contributed by atoms with Gasteiger partial charge in [-0.3, -0.25) is 9.59 Å². The summed E-state index contributed by atoms with van der Waals surface area (Å²) >= 11 is 0. The summed E-state index contributed by atoms with van der Waals surface area (Å²) < 4.78 is 0. The smallest absolute Gasteiger partial charge is 0.255 e. The third kappa shape index (κ3) is 4.82. The lowest BCUT2D eigenvalue weighted by atomic mass is 10.0. The van der Waals surface area contributed by atoms with Gasteiger partial charge in [-0.25, -0.2) is 4.98 Å². The van der Waals surface area contributed by atoms with Crippen LogP contribution in [0.3, 0.4) is 0 Å². The maximum absolute atomic E-state index is 12.6. The van der Waals surface area contributed by atoms with Crippen LogP contribution in [0, 0.1) is 0 Å². The van der Waals surface area contributed by atoms with Crippen LogP contribution >= 0.6 is 0 Å². The van der Waals surface area contributed by atoms with Crippen molar-refractivity contribution >= 4 is 28.9 Å². The van der Waals surface area contributed by atoms with Crippen LogP contribution in [0.5, 0.6) is 0 Å². The molecular weight excluding hydrogens is 350 g/mol. The highest BCUT2D eigenvalue weighted by molar-refractivity contribution is 6.04. The van der Waals surface area contributed by atoms with E-state index in [1.165, 1.54) is 12.5 Å². The number of aromatic nitrogens is 1. The highest BCUT2D eigenvalue weighted by atomic mass is 16.1. The molecule has 1 aromatic heterocycles. The summed E-state index contributed by atoms with van der Waals surface area (Å²) in [5, 5.41) is 6.05. The molecule has 3 rings (SSSR count). The molecule has 0 fully saturated rings. The Morgan fingerprint density at radius 2 is 1.50 bits per heavy atom. The first-order valence-corrected chi connectivity index (χ1v) is 9.18. The maximum atomic E-state index is 12.6. The van der Waals surface area contributed by atoms with Crippen molar-refractivity contribution in [3.63, 3.8) is 0 Å². The number of Topliss-reactive ketones (excluding diaryl/α,β-unsaturated/α-hetero) is 1. The van der Waals surface area contributed by atoms with Gasteiger partial charge in [0.1, 0.15) is 5.82 Å². The van der Waals surface area contributed by atoms with E-state index in [4.69, 9.17) is 0 Å². The van der Waals surface area contributed by atoms with Gasteiger partial charge in [-0.1, -0.05) is 26.0 Å². The van der Waals surface area contributed by atoms with E-state index < -0.39 is 0 Å². The van der Waals surface area contributed by atoms with Crippen molar-refractivity contribution in [2.24, 2.45) is 0 Å². The first-order valence-electron chi connectivity index (χ1n) is 9.18. The summed E-state index contributed by atoms with van der Waals surface area (Å²) in [5.74, 6) is 0.820. The molecule has 0 aliphatic heterocycles. The third-order valence-corrected chi connectivity index (χ3v) is 4.42. The minimum Gasteiger partial charge on any atom is -0.340 e. The number of nitrogens with zero attached hydrogens (tertiary/aromatic N) is 1. The molecule has 0 atom stereocenters.